The van der Waals surface area contributed by atoms with Crippen LogP contribution in [-0.4, -0.2) is 60.3 Å². The molecule has 26 heavy (non-hydrogen) atoms. The van der Waals surface area contributed by atoms with Crippen molar-refractivity contribution in [3.05, 3.63) is 42.4 Å². The molecule has 3 rings (SSSR count). The molecule has 0 aromatic carbocycles. The molecule has 0 aliphatic carbocycles. The molecule has 7 heteroatoms. The Hall–Kier alpha value is -2.83. The number of piperazine rings is 1. The van der Waals surface area contributed by atoms with E-state index in [1.807, 2.05) is 23.1 Å². The van der Waals surface area contributed by atoms with Gasteiger partial charge in [0.1, 0.15) is 5.76 Å². The van der Waals surface area contributed by atoms with E-state index in [0.717, 1.165) is 37.8 Å². The molecule has 0 bridgehead atoms. The molecule has 1 aliphatic rings. The summed E-state index contributed by atoms with van der Waals surface area (Å²) in [6, 6.07) is 7.64. The average molecular weight is 355 g/mol. The van der Waals surface area contributed by atoms with Crippen molar-refractivity contribution in [1.29, 1.82) is 0 Å². The summed E-state index contributed by atoms with van der Waals surface area (Å²) in [6.45, 7) is 8.87. The zero-order valence-corrected chi connectivity index (χ0v) is 15.3. The van der Waals surface area contributed by atoms with E-state index in [2.05, 4.69) is 33.8 Å². The molecular formula is C19H25N5O2. The summed E-state index contributed by atoms with van der Waals surface area (Å²) in [5, 5.41) is 8.70. The molecule has 0 unspecified atom stereocenters. The van der Waals surface area contributed by atoms with Crippen molar-refractivity contribution in [2.45, 2.75) is 13.8 Å². The Bertz CT molecular complexity index is 715. The number of amides is 1. The van der Waals surface area contributed by atoms with Gasteiger partial charge in [0.15, 0.2) is 11.6 Å². The van der Waals surface area contributed by atoms with Crippen LogP contribution in [0, 0.1) is 0 Å². The highest BCUT2D eigenvalue weighted by Gasteiger charge is 2.21. The number of furan rings is 1. The van der Waals surface area contributed by atoms with Crippen molar-refractivity contribution < 1.29 is 9.21 Å². The Kier molecular flexibility index (Phi) is 5.88. The molecule has 0 spiro atoms. The first-order chi connectivity index (χ1) is 12.7. The molecule has 1 amide bonds. The molecule has 0 N–H and O–H groups in total. The topological polar surface area (TPSA) is 65.7 Å². The normalized spacial score (nSPS) is 14.8. The summed E-state index contributed by atoms with van der Waals surface area (Å²) < 4.78 is 5.20. The van der Waals surface area contributed by atoms with Crippen molar-refractivity contribution in [3.63, 3.8) is 0 Å². The van der Waals surface area contributed by atoms with E-state index in [4.69, 9.17) is 4.42 Å². The zero-order chi connectivity index (χ0) is 18.4. The highest BCUT2D eigenvalue weighted by atomic mass is 16.3. The van der Waals surface area contributed by atoms with E-state index in [0.29, 0.717) is 18.8 Å². The lowest BCUT2D eigenvalue weighted by Crippen LogP contribution is -2.48. The minimum absolute atomic E-state index is 0.00372. The van der Waals surface area contributed by atoms with Gasteiger partial charge in [0, 0.05) is 45.3 Å². The van der Waals surface area contributed by atoms with E-state index in [-0.39, 0.29) is 5.91 Å². The van der Waals surface area contributed by atoms with Gasteiger partial charge in [-0.2, -0.15) is 0 Å². The lowest BCUT2D eigenvalue weighted by Gasteiger charge is -2.34. The quantitative estimate of drug-likeness (QED) is 0.741. The fraction of sp³-hybridized carbons (Fsp3) is 0.421. The Morgan fingerprint density at radius 2 is 1.92 bits per heavy atom. The maximum Gasteiger partial charge on any atom is 0.246 e. The molecule has 2 aromatic heterocycles. The third kappa shape index (κ3) is 4.22. The van der Waals surface area contributed by atoms with Crippen LogP contribution in [0.3, 0.4) is 0 Å². The van der Waals surface area contributed by atoms with Crippen LogP contribution >= 0.6 is 0 Å². The van der Waals surface area contributed by atoms with Gasteiger partial charge in [-0.25, -0.2) is 0 Å². The predicted octanol–water partition coefficient (Wildman–Crippen LogP) is 2.28. The van der Waals surface area contributed by atoms with E-state index in [1.54, 1.807) is 24.5 Å². The zero-order valence-electron chi connectivity index (χ0n) is 15.3. The van der Waals surface area contributed by atoms with Crippen LogP contribution in [0.1, 0.15) is 19.6 Å². The fourth-order valence-corrected chi connectivity index (χ4v) is 3.00. The van der Waals surface area contributed by atoms with Gasteiger partial charge in [0.25, 0.3) is 0 Å². The van der Waals surface area contributed by atoms with Gasteiger partial charge in [0.05, 0.1) is 6.26 Å². The highest BCUT2D eigenvalue weighted by Crippen LogP contribution is 2.16. The lowest BCUT2D eigenvalue weighted by molar-refractivity contribution is -0.126. The minimum Gasteiger partial charge on any atom is -0.465 e. The monoisotopic (exact) mass is 355 g/mol. The van der Waals surface area contributed by atoms with Gasteiger partial charge in [0.2, 0.25) is 5.91 Å². The number of nitrogens with zero attached hydrogens (tertiary/aromatic N) is 5. The second kappa shape index (κ2) is 8.51. The average Bonchev–Trinajstić information content (AvgIpc) is 3.21. The number of carbonyl (C=O) groups excluding carboxylic acids is 1. The van der Waals surface area contributed by atoms with Gasteiger partial charge < -0.3 is 19.1 Å². The van der Waals surface area contributed by atoms with Crippen molar-refractivity contribution in [1.82, 2.24) is 15.1 Å². The molecule has 1 fully saturated rings. The summed E-state index contributed by atoms with van der Waals surface area (Å²) in [7, 11) is 0. The number of hydrogen-bond donors (Lipinski definition) is 0. The fourth-order valence-electron chi connectivity index (χ4n) is 3.00. The van der Waals surface area contributed by atoms with E-state index in [9.17, 15) is 4.79 Å². The van der Waals surface area contributed by atoms with Crippen molar-refractivity contribution in [3.8, 4) is 0 Å². The molecular weight excluding hydrogens is 330 g/mol. The lowest BCUT2D eigenvalue weighted by atomic mass is 10.3. The van der Waals surface area contributed by atoms with Gasteiger partial charge in [-0.1, -0.05) is 0 Å². The largest absolute Gasteiger partial charge is 0.465 e. The molecule has 2 aromatic rings. The smallest absolute Gasteiger partial charge is 0.246 e. The van der Waals surface area contributed by atoms with Crippen LogP contribution in [0.15, 0.2) is 41.0 Å². The first-order valence-corrected chi connectivity index (χ1v) is 9.05. The standard InChI is InChI=1S/C19H25N5O2/c1-3-22(4-2)17-8-9-18(21-20-17)23-11-13-24(14-12-23)19(25)10-7-16-6-5-15-26-16/h5-10,15H,3-4,11-14H2,1-2H3/b10-7+. The van der Waals surface area contributed by atoms with E-state index < -0.39 is 0 Å². The van der Waals surface area contributed by atoms with Gasteiger partial charge in [-0.15, -0.1) is 10.2 Å². The third-order valence-corrected chi connectivity index (χ3v) is 4.57. The molecule has 3 heterocycles. The molecule has 138 valence electrons. The Morgan fingerprint density at radius 3 is 2.50 bits per heavy atom. The van der Waals surface area contributed by atoms with Gasteiger partial charge in [-0.3, -0.25) is 4.79 Å². The van der Waals surface area contributed by atoms with E-state index >= 15 is 0 Å². The molecule has 1 aliphatic heterocycles. The third-order valence-electron chi connectivity index (χ3n) is 4.57. The number of rotatable bonds is 6. The van der Waals surface area contributed by atoms with Crippen molar-refractivity contribution in [2.24, 2.45) is 0 Å². The molecule has 1 saturated heterocycles. The van der Waals surface area contributed by atoms with Crippen LogP contribution in [0.2, 0.25) is 0 Å². The van der Waals surface area contributed by atoms with Crippen LogP contribution in [-0.2, 0) is 4.79 Å². The van der Waals surface area contributed by atoms with Crippen LogP contribution in [0.4, 0.5) is 11.6 Å². The molecule has 7 nitrogen and oxygen atoms in total. The Labute approximate surface area is 153 Å². The van der Waals surface area contributed by atoms with Crippen LogP contribution in [0.25, 0.3) is 6.08 Å². The van der Waals surface area contributed by atoms with Crippen LogP contribution in [0.5, 0.6) is 0 Å². The second-order valence-corrected chi connectivity index (χ2v) is 6.08. The number of aromatic nitrogens is 2. The second-order valence-electron chi connectivity index (χ2n) is 6.08. The summed E-state index contributed by atoms with van der Waals surface area (Å²) >= 11 is 0. The summed E-state index contributed by atoms with van der Waals surface area (Å²) in [5.41, 5.74) is 0. The van der Waals surface area contributed by atoms with Gasteiger partial charge in [-0.05, 0) is 44.2 Å². The van der Waals surface area contributed by atoms with E-state index in [1.165, 1.54) is 0 Å². The first kappa shape index (κ1) is 18.0. The van der Waals surface area contributed by atoms with Crippen molar-refractivity contribution in [2.75, 3.05) is 49.1 Å². The first-order valence-electron chi connectivity index (χ1n) is 9.05. The number of hydrogen-bond acceptors (Lipinski definition) is 6. The predicted molar refractivity (Wildman–Crippen MR) is 102 cm³/mol. The number of carbonyl (C=O) groups is 1. The Morgan fingerprint density at radius 1 is 1.15 bits per heavy atom. The van der Waals surface area contributed by atoms with Crippen molar-refractivity contribution >= 4 is 23.6 Å². The molecule has 0 saturated carbocycles. The summed E-state index contributed by atoms with van der Waals surface area (Å²) in [4.78, 5) is 18.4. The summed E-state index contributed by atoms with van der Waals surface area (Å²) in [5.74, 6) is 2.44. The SMILES string of the molecule is CCN(CC)c1ccc(N2CCN(C(=O)/C=C/c3ccco3)CC2)nn1. The maximum atomic E-state index is 12.3. The van der Waals surface area contributed by atoms with Gasteiger partial charge >= 0.3 is 0 Å². The number of anilines is 2. The summed E-state index contributed by atoms with van der Waals surface area (Å²) in [6.07, 6.45) is 4.86. The minimum atomic E-state index is 0.00372. The molecule has 0 radical (unpaired) electrons. The Balaban J connectivity index is 1.54. The molecule has 0 atom stereocenters. The highest BCUT2D eigenvalue weighted by molar-refractivity contribution is 5.91. The van der Waals surface area contributed by atoms with Crippen LogP contribution < -0.4 is 9.80 Å². The maximum absolute atomic E-state index is 12.3.